The van der Waals surface area contributed by atoms with Gasteiger partial charge in [0.05, 0.1) is 11.4 Å². The fourth-order valence-corrected chi connectivity index (χ4v) is 3.00. The Hall–Kier alpha value is -1.02. The number of hydrogen-bond donors (Lipinski definition) is 0. The van der Waals surface area contributed by atoms with Crippen molar-refractivity contribution in [1.29, 1.82) is 0 Å². The minimum atomic E-state index is -0.0499. The summed E-state index contributed by atoms with van der Waals surface area (Å²) in [5, 5.41) is -0.0499. The van der Waals surface area contributed by atoms with E-state index in [0.29, 0.717) is 13.0 Å². The molecule has 1 aromatic carbocycles. The first-order valence-corrected chi connectivity index (χ1v) is 6.81. The summed E-state index contributed by atoms with van der Waals surface area (Å²) in [4.78, 5) is 14.0. The molecule has 2 unspecified atom stereocenters. The third-order valence-electron chi connectivity index (χ3n) is 3.36. The van der Waals surface area contributed by atoms with Gasteiger partial charge >= 0.3 is 0 Å². The third-order valence-corrected chi connectivity index (χ3v) is 3.65. The van der Waals surface area contributed by atoms with Crippen molar-refractivity contribution in [3.05, 3.63) is 35.9 Å². The second-order valence-corrected chi connectivity index (χ2v) is 6.64. The van der Waals surface area contributed by atoms with Gasteiger partial charge in [-0.15, -0.1) is 11.6 Å². The standard InChI is InChI=1S/C15H20ClNO/c1-15(2,3)14(11-7-5-4-6-8-11)17-10-12(16)9-13(17)18/h4-8,12,14H,9-10H2,1-3H3. The van der Waals surface area contributed by atoms with Crippen LogP contribution in [0.5, 0.6) is 0 Å². The molecular weight excluding hydrogens is 246 g/mol. The fraction of sp³-hybridized carbons (Fsp3) is 0.533. The van der Waals surface area contributed by atoms with Crippen LogP contribution in [0.1, 0.15) is 38.8 Å². The van der Waals surface area contributed by atoms with Crippen molar-refractivity contribution < 1.29 is 4.79 Å². The molecule has 1 amide bonds. The maximum absolute atomic E-state index is 12.1. The molecule has 18 heavy (non-hydrogen) atoms. The molecule has 2 rings (SSSR count). The van der Waals surface area contributed by atoms with E-state index in [2.05, 4.69) is 32.9 Å². The summed E-state index contributed by atoms with van der Waals surface area (Å²) in [6.07, 6.45) is 0.459. The van der Waals surface area contributed by atoms with Gasteiger partial charge in [0.25, 0.3) is 0 Å². The van der Waals surface area contributed by atoms with Gasteiger partial charge in [-0.1, -0.05) is 51.1 Å². The summed E-state index contributed by atoms with van der Waals surface area (Å²) >= 11 is 6.12. The second kappa shape index (κ2) is 4.93. The van der Waals surface area contributed by atoms with Crippen LogP contribution in [0.4, 0.5) is 0 Å². The molecule has 0 radical (unpaired) electrons. The van der Waals surface area contributed by atoms with E-state index in [9.17, 15) is 4.79 Å². The van der Waals surface area contributed by atoms with E-state index in [1.165, 1.54) is 5.56 Å². The first-order valence-electron chi connectivity index (χ1n) is 6.38. The molecule has 2 nitrogen and oxygen atoms in total. The first kappa shape index (κ1) is 13.4. The van der Waals surface area contributed by atoms with E-state index in [-0.39, 0.29) is 22.7 Å². The Morgan fingerprint density at radius 3 is 2.33 bits per heavy atom. The van der Waals surface area contributed by atoms with Crippen molar-refractivity contribution in [2.75, 3.05) is 6.54 Å². The van der Waals surface area contributed by atoms with Crippen LogP contribution >= 0.6 is 11.6 Å². The van der Waals surface area contributed by atoms with Crippen LogP contribution in [0.2, 0.25) is 0 Å². The van der Waals surface area contributed by atoms with Crippen molar-refractivity contribution in [2.24, 2.45) is 5.41 Å². The summed E-state index contributed by atoms with van der Waals surface area (Å²) < 4.78 is 0. The van der Waals surface area contributed by atoms with Gasteiger partial charge in [-0.05, 0) is 11.0 Å². The van der Waals surface area contributed by atoms with Crippen molar-refractivity contribution in [1.82, 2.24) is 4.90 Å². The molecule has 1 aromatic rings. The molecule has 0 aliphatic carbocycles. The molecule has 0 bridgehead atoms. The van der Waals surface area contributed by atoms with Crippen LogP contribution in [-0.4, -0.2) is 22.7 Å². The average molecular weight is 266 g/mol. The SMILES string of the molecule is CC(C)(C)C(c1ccccc1)N1CC(Cl)CC1=O. The molecule has 1 saturated heterocycles. The van der Waals surface area contributed by atoms with E-state index >= 15 is 0 Å². The Balaban J connectivity index is 2.36. The fourth-order valence-electron chi connectivity index (χ4n) is 2.72. The number of likely N-dealkylation sites (tertiary alicyclic amines) is 1. The molecule has 3 heteroatoms. The minimum Gasteiger partial charge on any atom is -0.334 e. The first-order chi connectivity index (χ1) is 8.39. The van der Waals surface area contributed by atoms with Gasteiger partial charge in [0.1, 0.15) is 0 Å². The average Bonchev–Trinajstić information content (AvgIpc) is 2.58. The Morgan fingerprint density at radius 2 is 1.89 bits per heavy atom. The molecular formula is C15H20ClNO. The molecule has 0 N–H and O–H groups in total. The van der Waals surface area contributed by atoms with Crippen LogP contribution in [0, 0.1) is 5.41 Å². The highest BCUT2D eigenvalue weighted by atomic mass is 35.5. The number of benzene rings is 1. The van der Waals surface area contributed by atoms with E-state index in [0.717, 1.165) is 0 Å². The van der Waals surface area contributed by atoms with Gasteiger partial charge in [0.15, 0.2) is 0 Å². The number of halogens is 1. The largest absolute Gasteiger partial charge is 0.334 e. The quantitative estimate of drug-likeness (QED) is 0.748. The minimum absolute atomic E-state index is 0.00202. The highest BCUT2D eigenvalue weighted by Crippen LogP contribution is 2.40. The Kier molecular flexibility index (Phi) is 3.67. The van der Waals surface area contributed by atoms with Crippen LogP contribution in [0.15, 0.2) is 30.3 Å². The number of hydrogen-bond acceptors (Lipinski definition) is 1. The Morgan fingerprint density at radius 1 is 1.28 bits per heavy atom. The highest BCUT2D eigenvalue weighted by Gasteiger charge is 2.39. The summed E-state index contributed by atoms with van der Waals surface area (Å²) in [6, 6.07) is 10.3. The second-order valence-electron chi connectivity index (χ2n) is 6.03. The third kappa shape index (κ3) is 2.69. The summed E-state index contributed by atoms with van der Waals surface area (Å²) in [6.45, 7) is 7.15. The number of rotatable bonds is 2. The number of nitrogens with zero attached hydrogens (tertiary/aromatic N) is 1. The lowest BCUT2D eigenvalue weighted by atomic mass is 9.81. The van der Waals surface area contributed by atoms with Crippen molar-refractivity contribution in [3.63, 3.8) is 0 Å². The normalized spacial score (nSPS) is 22.3. The zero-order valence-electron chi connectivity index (χ0n) is 11.2. The van der Waals surface area contributed by atoms with Crippen LogP contribution in [-0.2, 0) is 4.79 Å². The van der Waals surface area contributed by atoms with Crippen molar-refractivity contribution >= 4 is 17.5 Å². The molecule has 1 fully saturated rings. The highest BCUT2D eigenvalue weighted by molar-refractivity contribution is 6.22. The smallest absolute Gasteiger partial charge is 0.224 e. The topological polar surface area (TPSA) is 20.3 Å². The molecule has 0 spiro atoms. The lowest BCUT2D eigenvalue weighted by Gasteiger charge is -2.38. The zero-order chi connectivity index (χ0) is 13.3. The summed E-state index contributed by atoms with van der Waals surface area (Å²) in [5.41, 5.74) is 1.18. The lowest BCUT2D eigenvalue weighted by molar-refractivity contribution is -0.132. The van der Waals surface area contributed by atoms with Crippen LogP contribution in [0.3, 0.4) is 0 Å². The van der Waals surface area contributed by atoms with E-state index in [1.54, 1.807) is 0 Å². The molecule has 0 aromatic heterocycles. The predicted octanol–water partition coefficient (Wildman–Crippen LogP) is 3.61. The zero-order valence-corrected chi connectivity index (χ0v) is 11.9. The van der Waals surface area contributed by atoms with Crippen molar-refractivity contribution in [3.8, 4) is 0 Å². The number of amides is 1. The molecule has 1 heterocycles. The summed E-state index contributed by atoms with van der Waals surface area (Å²) in [7, 11) is 0. The van der Waals surface area contributed by atoms with Gasteiger partial charge in [-0.3, -0.25) is 4.79 Å². The number of carbonyl (C=O) groups excluding carboxylic acids is 1. The lowest BCUT2D eigenvalue weighted by Crippen LogP contribution is -2.38. The predicted molar refractivity (Wildman–Crippen MR) is 74.6 cm³/mol. The molecule has 0 saturated carbocycles. The van der Waals surface area contributed by atoms with Crippen molar-refractivity contribution in [2.45, 2.75) is 38.6 Å². The van der Waals surface area contributed by atoms with Gasteiger partial charge in [-0.2, -0.15) is 0 Å². The van der Waals surface area contributed by atoms with E-state index < -0.39 is 0 Å². The monoisotopic (exact) mass is 265 g/mol. The van der Waals surface area contributed by atoms with Gasteiger partial charge in [0.2, 0.25) is 5.91 Å². The van der Waals surface area contributed by atoms with Crippen LogP contribution < -0.4 is 0 Å². The summed E-state index contributed by atoms with van der Waals surface area (Å²) in [5.74, 6) is 0.166. The maximum Gasteiger partial charge on any atom is 0.224 e. The number of alkyl halides is 1. The Bertz CT molecular complexity index is 424. The van der Waals surface area contributed by atoms with Gasteiger partial charge in [0, 0.05) is 13.0 Å². The number of carbonyl (C=O) groups is 1. The maximum atomic E-state index is 12.1. The molecule has 98 valence electrons. The van der Waals surface area contributed by atoms with E-state index in [1.807, 2.05) is 23.1 Å². The van der Waals surface area contributed by atoms with E-state index in [4.69, 9.17) is 11.6 Å². The molecule has 2 atom stereocenters. The molecule has 1 aliphatic rings. The van der Waals surface area contributed by atoms with Crippen LogP contribution in [0.25, 0.3) is 0 Å². The van der Waals surface area contributed by atoms with Gasteiger partial charge < -0.3 is 4.90 Å². The Labute approximate surface area is 114 Å². The molecule has 1 aliphatic heterocycles. The van der Waals surface area contributed by atoms with Gasteiger partial charge in [-0.25, -0.2) is 0 Å².